The molecule has 0 radical (unpaired) electrons. The maximum Gasteiger partial charge on any atom is 0.219 e. The Morgan fingerprint density at radius 3 is 2.69 bits per heavy atom. The average Bonchev–Trinajstić information content (AvgIpc) is 3.07. The summed E-state index contributed by atoms with van der Waals surface area (Å²) in [6.45, 7) is 9.35. The molecular formula is C25H35N5O2. The summed E-state index contributed by atoms with van der Waals surface area (Å²) in [5.41, 5.74) is 3.66. The molecule has 2 aromatic rings. The van der Waals surface area contributed by atoms with E-state index >= 15 is 0 Å². The van der Waals surface area contributed by atoms with Gasteiger partial charge in [0.1, 0.15) is 23.0 Å². The zero-order chi connectivity index (χ0) is 22.9. The highest BCUT2D eigenvalue weighted by molar-refractivity contribution is 5.72. The fourth-order valence-corrected chi connectivity index (χ4v) is 4.66. The number of ether oxygens (including phenoxy) is 1. The van der Waals surface area contributed by atoms with E-state index in [0.29, 0.717) is 18.3 Å². The number of carbonyl (C=O) groups excluding carboxylic acids is 1. The fourth-order valence-electron chi connectivity index (χ4n) is 4.66. The monoisotopic (exact) mass is 437 g/mol. The predicted molar refractivity (Wildman–Crippen MR) is 126 cm³/mol. The third-order valence-electron chi connectivity index (χ3n) is 6.50. The normalized spacial score (nSPS) is 18.2. The Hall–Kier alpha value is -2.67. The van der Waals surface area contributed by atoms with Gasteiger partial charge in [-0.15, -0.1) is 0 Å². The van der Waals surface area contributed by atoms with Crippen molar-refractivity contribution in [1.82, 2.24) is 19.8 Å². The minimum atomic E-state index is -0.0961. The van der Waals surface area contributed by atoms with E-state index in [0.717, 1.165) is 56.2 Å². The van der Waals surface area contributed by atoms with E-state index < -0.39 is 0 Å². The second-order valence-electron chi connectivity index (χ2n) is 9.75. The number of hydrogen-bond acceptors (Lipinski definition) is 6. The van der Waals surface area contributed by atoms with Crippen LogP contribution >= 0.6 is 0 Å². The number of carbonyl (C=O) groups is 1. The first-order valence-electron chi connectivity index (χ1n) is 11.5. The van der Waals surface area contributed by atoms with Gasteiger partial charge >= 0.3 is 0 Å². The molecule has 1 N–H and O–H groups in total. The molecule has 0 unspecified atom stereocenters. The molecule has 0 spiro atoms. The van der Waals surface area contributed by atoms with Crippen LogP contribution in [0.15, 0.2) is 24.3 Å². The lowest BCUT2D eigenvalue weighted by atomic mass is 9.92. The van der Waals surface area contributed by atoms with E-state index in [-0.39, 0.29) is 11.5 Å². The number of amides is 1. The quantitative estimate of drug-likeness (QED) is 0.745. The summed E-state index contributed by atoms with van der Waals surface area (Å²) in [4.78, 5) is 25.1. The standard InChI is InChI=1S/C25H35N5O2/c1-17(31)29(5)16-24-27-21(13-23(26-4)28-24)19-8-10-30(11-9-19)15-18-6-7-22-20(12-18)14-25(2,3)32-22/h6-7,12-13,19H,8-11,14-16H2,1-5H3,(H,26,27,28). The number of nitrogens with one attached hydrogen (secondary N) is 1. The van der Waals surface area contributed by atoms with Crippen molar-refractivity contribution in [1.29, 1.82) is 0 Å². The van der Waals surface area contributed by atoms with Crippen LogP contribution in [0, 0.1) is 0 Å². The molecule has 7 nitrogen and oxygen atoms in total. The molecule has 3 heterocycles. The van der Waals surface area contributed by atoms with Gasteiger partial charge in [0.25, 0.3) is 0 Å². The summed E-state index contributed by atoms with van der Waals surface area (Å²) in [7, 11) is 3.65. The van der Waals surface area contributed by atoms with Crippen molar-refractivity contribution in [2.45, 2.75) is 64.6 Å². The van der Waals surface area contributed by atoms with Crippen LogP contribution in [0.4, 0.5) is 5.82 Å². The third-order valence-corrected chi connectivity index (χ3v) is 6.50. The molecule has 1 fully saturated rings. The summed E-state index contributed by atoms with van der Waals surface area (Å²) in [5, 5.41) is 3.14. The van der Waals surface area contributed by atoms with Gasteiger partial charge in [0.15, 0.2) is 0 Å². The number of benzene rings is 1. The summed E-state index contributed by atoms with van der Waals surface area (Å²) in [6, 6.07) is 8.71. The van der Waals surface area contributed by atoms with Crippen LogP contribution in [0.3, 0.4) is 0 Å². The minimum absolute atomic E-state index is 0.0139. The molecule has 0 bridgehead atoms. The second-order valence-corrected chi connectivity index (χ2v) is 9.75. The number of aromatic nitrogens is 2. The summed E-state index contributed by atoms with van der Waals surface area (Å²) in [6.07, 6.45) is 3.12. The van der Waals surface area contributed by atoms with Gasteiger partial charge in [-0.1, -0.05) is 12.1 Å². The van der Waals surface area contributed by atoms with Gasteiger partial charge < -0.3 is 15.0 Å². The van der Waals surface area contributed by atoms with Gasteiger partial charge in [-0.05, 0) is 57.0 Å². The third kappa shape index (κ3) is 5.21. The Morgan fingerprint density at radius 2 is 2.00 bits per heavy atom. The van der Waals surface area contributed by atoms with E-state index in [9.17, 15) is 4.79 Å². The van der Waals surface area contributed by atoms with Gasteiger partial charge in [-0.2, -0.15) is 0 Å². The van der Waals surface area contributed by atoms with Crippen molar-refractivity contribution in [2.24, 2.45) is 0 Å². The molecule has 7 heteroatoms. The molecule has 1 amide bonds. The predicted octanol–water partition coefficient (Wildman–Crippen LogP) is 3.59. The smallest absolute Gasteiger partial charge is 0.219 e. The first-order chi connectivity index (χ1) is 15.2. The lowest BCUT2D eigenvalue weighted by Crippen LogP contribution is -2.33. The van der Waals surface area contributed by atoms with Crippen molar-refractivity contribution in [3.63, 3.8) is 0 Å². The van der Waals surface area contributed by atoms with Crippen molar-refractivity contribution in [2.75, 3.05) is 32.5 Å². The van der Waals surface area contributed by atoms with Gasteiger partial charge in [0.05, 0.1) is 6.54 Å². The first-order valence-corrected chi connectivity index (χ1v) is 11.5. The number of nitrogens with zero attached hydrogens (tertiary/aromatic N) is 4. The van der Waals surface area contributed by atoms with Crippen molar-refractivity contribution < 1.29 is 9.53 Å². The topological polar surface area (TPSA) is 70.6 Å². The highest BCUT2D eigenvalue weighted by Gasteiger charge is 2.30. The molecule has 1 aromatic heterocycles. The number of rotatable bonds is 6. The minimum Gasteiger partial charge on any atom is -0.487 e. The van der Waals surface area contributed by atoms with Crippen LogP contribution < -0.4 is 10.1 Å². The van der Waals surface area contributed by atoms with Crippen LogP contribution in [0.1, 0.15) is 62.2 Å². The van der Waals surface area contributed by atoms with Gasteiger partial charge in [0.2, 0.25) is 5.91 Å². The number of likely N-dealkylation sites (tertiary alicyclic amines) is 1. The average molecular weight is 438 g/mol. The van der Waals surface area contributed by atoms with E-state index in [2.05, 4.69) is 53.3 Å². The summed E-state index contributed by atoms with van der Waals surface area (Å²) < 4.78 is 6.02. The second kappa shape index (κ2) is 9.06. The molecule has 4 rings (SSSR count). The van der Waals surface area contributed by atoms with Crippen LogP contribution in [-0.4, -0.2) is 58.5 Å². The van der Waals surface area contributed by atoms with E-state index in [4.69, 9.17) is 9.72 Å². The lowest BCUT2D eigenvalue weighted by molar-refractivity contribution is -0.128. The molecule has 2 aliphatic rings. The SMILES string of the molecule is CNc1cc(C2CCN(Cc3ccc4c(c3)CC(C)(C)O4)CC2)nc(CN(C)C(C)=O)n1. The first kappa shape index (κ1) is 22.5. The van der Waals surface area contributed by atoms with E-state index in [1.54, 1.807) is 18.9 Å². The fraction of sp³-hybridized carbons (Fsp3) is 0.560. The van der Waals surface area contributed by atoms with Crippen LogP contribution in [0.2, 0.25) is 0 Å². The molecule has 0 atom stereocenters. The van der Waals surface area contributed by atoms with Crippen LogP contribution in [-0.2, 0) is 24.3 Å². The zero-order valence-corrected chi connectivity index (χ0v) is 19.9. The van der Waals surface area contributed by atoms with Crippen molar-refractivity contribution in [3.05, 3.63) is 46.9 Å². The molecule has 172 valence electrons. The zero-order valence-electron chi connectivity index (χ0n) is 19.9. The summed E-state index contributed by atoms with van der Waals surface area (Å²) >= 11 is 0. The number of fused-ring (bicyclic) bond motifs is 1. The van der Waals surface area contributed by atoms with E-state index in [1.165, 1.54) is 11.1 Å². The molecular weight excluding hydrogens is 402 g/mol. The molecule has 1 aromatic carbocycles. The largest absolute Gasteiger partial charge is 0.487 e. The van der Waals surface area contributed by atoms with Gasteiger partial charge in [-0.3, -0.25) is 9.69 Å². The molecule has 1 saturated heterocycles. The molecule has 0 aliphatic carbocycles. The molecule has 32 heavy (non-hydrogen) atoms. The molecule has 2 aliphatic heterocycles. The Bertz CT molecular complexity index is 982. The van der Waals surface area contributed by atoms with E-state index in [1.807, 2.05) is 7.05 Å². The Labute approximate surface area is 191 Å². The highest BCUT2D eigenvalue weighted by Crippen LogP contribution is 2.36. The number of hydrogen-bond donors (Lipinski definition) is 1. The van der Waals surface area contributed by atoms with Gasteiger partial charge in [-0.25, -0.2) is 9.97 Å². The van der Waals surface area contributed by atoms with Crippen molar-refractivity contribution in [3.8, 4) is 5.75 Å². The van der Waals surface area contributed by atoms with Crippen molar-refractivity contribution >= 4 is 11.7 Å². The van der Waals surface area contributed by atoms with Gasteiger partial charge in [0, 0.05) is 51.7 Å². The highest BCUT2D eigenvalue weighted by atomic mass is 16.5. The Balaban J connectivity index is 1.38. The Morgan fingerprint density at radius 1 is 1.25 bits per heavy atom. The molecule has 0 saturated carbocycles. The van der Waals surface area contributed by atoms with Crippen LogP contribution in [0.5, 0.6) is 5.75 Å². The number of anilines is 1. The summed E-state index contributed by atoms with van der Waals surface area (Å²) in [5.74, 6) is 2.97. The lowest BCUT2D eigenvalue weighted by Gasteiger charge is -2.32. The maximum absolute atomic E-state index is 11.6. The maximum atomic E-state index is 11.6. The van der Waals surface area contributed by atoms with Crippen LogP contribution in [0.25, 0.3) is 0 Å². The number of piperidine rings is 1. The Kier molecular flexibility index (Phi) is 6.38.